The zero-order chi connectivity index (χ0) is 11.5. The van der Waals surface area contributed by atoms with Gasteiger partial charge in [-0.25, -0.2) is 4.39 Å². The molecule has 0 spiro atoms. The van der Waals surface area contributed by atoms with Crippen molar-refractivity contribution < 1.29 is 9.18 Å². The highest BCUT2D eigenvalue weighted by atomic mass is 19.1. The molecule has 4 heteroatoms. The quantitative estimate of drug-likeness (QED) is 0.741. The van der Waals surface area contributed by atoms with Crippen molar-refractivity contribution in [2.75, 3.05) is 6.54 Å². The van der Waals surface area contributed by atoms with E-state index in [0.717, 1.165) is 13.0 Å². The maximum absolute atomic E-state index is 12.7. The van der Waals surface area contributed by atoms with Crippen molar-refractivity contribution in [2.45, 2.75) is 19.0 Å². The van der Waals surface area contributed by atoms with Crippen LogP contribution in [0.1, 0.15) is 23.2 Å². The molecule has 0 amide bonds. The SMILES string of the molecule is NC1CC(C(=O)c2ccc(F)cc2)CCN1. The minimum absolute atomic E-state index is 0.0401. The van der Waals surface area contributed by atoms with Gasteiger partial charge >= 0.3 is 0 Å². The van der Waals surface area contributed by atoms with E-state index in [2.05, 4.69) is 5.32 Å². The highest BCUT2D eigenvalue weighted by Crippen LogP contribution is 2.19. The van der Waals surface area contributed by atoms with Crippen molar-refractivity contribution in [3.8, 4) is 0 Å². The maximum Gasteiger partial charge on any atom is 0.166 e. The number of Topliss-reactive ketones (excluding diaryl/α,β-unsaturated/α-hetero) is 1. The number of carbonyl (C=O) groups is 1. The summed E-state index contributed by atoms with van der Waals surface area (Å²) in [5, 5.41) is 3.09. The van der Waals surface area contributed by atoms with Crippen LogP contribution in [0.3, 0.4) is 0 Å². The third kappa shape index (κ3) is 2.46. The van der Waals surface area contributed by atoms with Crippen LogP contribution < -0.4 is 11.1 Å². The fraction of sp³-hybridized carbons (Fsp3) is 0.417. The smallest absolute Gasteiger partial charge is 0.166 e. The molecule has 0 bridgehead atoms. The first-order chi connectivity index (χ1) is 7.66. The van der Waals surface area contributed by atoms with Crippen molar-refractivity contribution in [2.24, 2.45) is 11.7 Å². The zero-order valence-corrected chi connectivity index (χ0v) is 8.95. The molecule has 2 rings (SSSR count). The Labute approximate surface area is 93.8 Å². The highest BCUT2D eigenvalue weighted by Gasteiger charge is 2.25. The van der Waals surface area contributed by atoms with E-state index in [9.17, 15) is 9.18 Å². The molecule has 2 unspecified atom stereocenters. The van der Waals surface area contributed by atoms with Crippen molar-refractivity contribution >= 4 is 5.78 Å². The largest absolute Gasteiger partial charge is 0.316 e. The van der Waals surface area contributed by atoms with Crippen LogP contribution in [-0.2, 0) is 0 Å². The Morgan fingerprint density at radius 3 is 2.69 bits per heavy atom. The molecule has 3 N–H and O–H groups in total. The summed E-state index contributed by atoms with van der Waals surface area (Å²) < 4.78 is 12.7. The lowest BCUT2D eigenvalue weighted by molar-refractivity contribution is 0.0879. The summed E-state index contributed by atoms with van der Waals surface area (Å²) in [7, 11) is 0. The van der Waals surface area contributed by atoms with Gasteiger partial charge in [-0.3, -0.25) is 4.79 Å². The van der Waals surface area contributed by atoms with E-state index in [1.807, 2.05) is 0 Å². The van der Waals surface area contributed by atoms with Crippen LogP contribution in [-0.4, -0.2) is 18.5 Å². The molecular weight excluding hydrogens is 207 g/mol. The molecule has 1 aliphatic rings. The van der Waals surface area contributed by atoms with Gasteiger partial charge < -0.3 is 11.1 Å². The van der Waals surface area contributed by atoms with Crippen LogP contribution in [0.25, 0.3) is 0 Å². The van der Waals surface area contributed by atoms with E-state index in [0.29, 0.717) is 12.0 Å². The Morgan fingerprint density at radius 1 is 1.38 bits per heavy atom. The molecule has 0 aliphatic carbocycles. The van der Waals surface area contributed by atoms with E-state index in [1.54, 1.807) is 0 Å². The van der Waals surface area contributed by atoms with E-state index in [-0.39, 0.29) is 23.7 Å². The number of piperidine rings is 1. The fourth-order valence-electron chi connectivity index (χ4n) is 2.04. The predicted octanol–water partition coefficient (Wildman–Crippen LogP) is 1.29. The summed E-state index contributed by atoms with van der Waals surface area (Å²) in [6, 6.07) is 5.69. The number of rotatable bonds is 2. The second-order valence-electron chi connectivity index (χ2n) is 4.15. The Bertz CT molecular complexity index is 377. The molecule has 0 saturated carbocycles. The summed E-state index contributed by atoms with van der Waals surface area (Å²) in [4.78, 5) is 12.1. The van der Waals surface area contributed by atoms with Gasteiger partial charge in [-0.2, -0.15) is 0 Å². The lowest BCUT2D eigenvalue weighted by Gasteiger charge is -2.26. The zero-order valence-electron chi connectivity index (χ0n) is 8.95. The molecule has 0 aromatic heterocycles. The van der Waals surface area contributed by atoms with Crippen LogP contribution in [0, 0.1) is 11.7 Å². The number of halogens is 1. The van der Waals surface area contributed by atoms with Gasteiger partial charge in [0.25, 0.3) is 0 Å². The number of carbonyl (C=O) groups excluding carboxylic acids is 1. The van der Waals surface area contributed by atoms with E-state index in [4.69, 9.17) is 5.73 Å². The van der Waals surface area contributed by atoms with Crippen LogP contribution in [0.2, 0.25) is 0 Å². The molecule has 1 aliphatic heterocycles. The molecule has 1 fully saturated rings. The monoisotopic (exact) mass is 222 g/mol. The van der Waals surface area contributed by atoms with Crippen LogP contribution in [0.15, 0.2) is 24.3 Å². The van der Waals surface area contributed by atoms with E-state index < -0.39 is 0 Å². The topological polar surface area (TPSA) is 55.1 Å². The average Bonchev–Trinajstić information content (AvgIpc) is 2.29. The first kappa shape index (κ1) is 11.2. The molecule has 16 heavy (non-hydrogen) atoms. The Hall–Kier alpha value is -1.26. The Kier molecular flexibility index (Phi) is 3.31. The lowest BCUT2D eigenvalue weighted by Crippen LogP contribution is -2.45. The van der Waals surface area contributed by atoms with Gasteiger partial charge in [0.15, 0.2) is 5.78 Å². The summed E-state index contributed by atoms with van der Waals surface area (Å²) in [6.07, 6.45) is 1.34. The van der Waals surface area contributed by atoms with Crippen molar-refractivity contribution in [1.82, 2.24) is 5.32 Å². The van der Waals surface area contributed by atoms with E-state index in [1.165, 1.54) is 24.3 Å². The van der Waals surface area contributed by atoms with Crippen molar-refractivity contribution in [1.29, 1.82) is 0 Å². The standard InChI is InChI=1S/C12H15FN2O/c13-10-3-1-8(2-4-10)12(16)9-5-6-15-11(14)7-9/h1-4,9,11,15H,5-7,14H2. The number of benzene rings is 1. The predicted molar refractivity (Wildman–Crippen MR) is 59.4 cm³/mol. The number of hydrogen-bond acceptors (Lipinski definition) is 3. The molecule has 1 heterocycles. The lowest BCUT2D eigenvalue weighted by atomic mass is 9.88. The number of ketones is 1. The van der Waals surface area contributed by atoms with Gasteiger partial charge in [-0.15, -0.1) is 0 Å². The first-order valence-electron chi connectivity index (χ1n) is 5.45. The summed E-state index contributed by atoms with van der Waals surface area (Å²) in [5.74, 6) is -0.294. The van der Waals surface area contributed by atoms with Gasteiger partial charge in [0, 0.05) is 11.5 Å². The minimum atomic E-state index is -0.321. The first-order valence-corrected chi connectivity index (χ1v) is 5.45. The van der Waals surface area contributed by atoms with Crippen LogP contribution >= 0.6 is 0 Å². The van der Waals surface area contributed by atoms with Crippen molar-refractivity contribution in [3.63, 3.8) is 0 Å². The van der Waals surface area contributed by atoms with Crippen molar-refractivity contribution in [3.05, 3.63) is 35.6 Å². The number of nitrogens with one attached hydrogen (secondary N) is 1. The number of nitrogens with two attached hydrogens (primary N) is 1. The molecule has 1 aromatic carbocycles. The molecule has 1 saturated heterocycles. The van der Waals surface area contributed by atoms with Gasteiger partial charge in [0.1, 0.15) is 5.82 Å². The van der Waals surface area contributed by atoms with Crippen LogP contribution in [0.4, 0.5) is 4.39 Å². The normalized spacial score (nSPS) is 25.4. The van der Waals surface area contributed by atoms with Gasteiger partial charge in [0.05, 0.1) is 6.17 Å². The van der Waals surface area contributed by atoms with E-state index >= 15 is 0 Å². The maximum atomic E-state index is 12.7. The van der Waals surface area contributed by atoms with Gasteiger partial charge in [0.2, 0.25) is 0 Å². The minimum Gasteiger partial charge on any atom is -0.316 e. The summed E-state index contributed by atoms with van der Waals surface area (Å²) >= 11 is 0. The third-order valence-electron chi connectivity index (χ3n) is 2.94. The Balaban J connectivity index is 2.09. The highest BCUT2D eigenvalue weighted by molar-refractivity contribution is 5.97. The third-order valence-corrected chi connectivity index (χ3v) is 2.94. The fourth-order valence-corrected chi connectivity index (χ4v) is 2.04. The average molecular weight is 222 g/mol. The molecule has 86 valence electrons. The summed E-state index contributed by atoms with van der Waals surface area (Å²) in [5.41, 5.74) is 6.31. The molecule has 0 radical (unpaired) electrons. The number of hydrogen-bond donors (Lipinski definition) is 2. The second kappa shape index (κ2) is 4.72. The summed E-state index contributed by atoms with van der Waals surface area (Å²) in [6.45, 7) is 0.763. The Morgan fingerprint density at radius 2 is 2.06 bits per heavy atom. The molecule has 2 atom stereocenters. The van der Waals surface area contributed by atoms with Gasteiger partial charge in [-0.05, 0) is 43.7 Å². The van der Waals surface area contributed by atoms with Crippen LogP contribution in [0.5, 0.6) is 0 Å². The molecular formula is C12H15FN2O. The molecule has 3 nitrogen and oxygen atoms in total. The second-order valence-corrected chi connectivity index (χ2v) is 4.15. The van der Waals surface area contributed by atoms with Gasteiger partial charge in [-0.1, -0.05) is 0 Å². The molecule has 1 aromatic rings.